The van der Waals surface area contributed by atoms with Crippen LogP contribution in [0.15, 0.2) is 18.2 Å². The van der Waals surface area contributed by atoms with E-state index >= 15 is 0 Å². The molecule has 0 bridgehead atoms. The Morgan fingerprint density at radius 2 is 2.00 bits per heavy atom. The Balaban J connectivity index is 2.35. The number of amides is 3. The van der Waals surface area contributed by atoms with Gasteiger partial charge < -0.3 is 10.1 Å². The van der Waals surface area contributed by atoms with E-state index in [2.05, 4.69) is 10.1 Å². The van der Waals surface area contributed by atoms with Gasteiger partial charge in [-0.1, -0.05) is 6.07 Å². The molecule has 1 aromatic carbocycles. The maximum atomic E-state index is 13.3. The van der Waals surface area contributed by atoms with Gasteiger partial charge in [-0.15, -0.1) is 0 Å². The highest BCUT2D eigenvalue weighted by Gasteiger charge is 2.49. The lowest BCUT2D eigenvalue weighted by atomic mass is 9.92. The molecule has 2 rings (SSSR count). The fourth-order valence-electron chi connectivity index (χ4n) is 2.04. The summed E-state index contributed by atoms with van der Waals surface area (Å²) >= 11 is 0. The zero-order valence-corrected chi connectivity index (χ0v) is 11.3. The molecule has 3 amide bonds. The molecule has 0 spiro atoms. The fraction of sp³-hybridized carbons (Fsp3) is 0.308. The first-order valence-corrected chi connectivity index (χ1v) is 5.96. The molecule has 1 fully saturated rings. The van der Waals surface area contributed by atoms with Crippen molar-refractivity contribution in [2.75, 3.05) is 13.7 Å². The van der Waals surface area contributed by atoms with Crippen LogP contribution in [0.4, 0.5) is 13.6 Å². The van der Waals surface area contributed by atoms with E-state index < -0.39 is 41.6 Å². The average Bonchev–Trinajstić information content (AvgIpc) is 2.66. The smallest absolute Gasteiger partial charge is 0.325 e. The molecule has 0 radical (unpaired) electrons. The normalized spacial score (nSPS) is 21.4. The minimum atomic E-state index is -1.57. The van der Waals surface area contributed by atoms with Gasteiger partial charge in [0.15, 0.2) is 11.6 Å². The summed E-state index contributed by atoms with van der Waals surface area (Å²) in [7, 11) is 1.12. The molecule has 1 atom stereocenters. The highest BCUT2D eigenvalue weighted by molar-refractivity contribution is 6.08. The molecule has 1 aliphatic heterocycles. The number of ether oxygens (including phenoxy) is 1. The van der Waals surface area contributed by atoms with Crippen molar-refractivity contribution in [2.24, 2.45) is 0 Å². The van der Waals surface area contributed by atoms with E-state index in [4.69, 9.17) is 0 Å². The van der Waals surface area contributed by atoms with Crippen molar-refractivity contribution < 1.29 is 27.9 Å². The van der Waals surface area contributed by atoms with Gasteiger partial charge in [0.1, 0.15) is 12.1 Å². The van der Waals surface area contributed by atoms with Gasteiger partial charge in [0.2, 0.25) is 0 Å². The number of benzene rings is 1. The summed E-state index contributed by atoms with van der Waals surface area (Å²) in [5.74, 6) is -3.72. The second-order valence-corrected chi connectivity index (χ2v) is 4.65. The number of nitrogens with zero attached hydrogens (tertiary/aromatic N) is 1. The van der Waals surface area contributed by atoms with Gasteiger partial charge in [-0.3, -0.25) is 14.5 Å². The lowest BCUT2D eigenvalue weighted by Gasteiger charge is -2.22. The number of carbonyl (C=O) groups excluding carboxylic acids is 3. The molecule has 112 valence electrons. The van der Waals surface area contributed by atoms with Crippen LogP contribution in [0.5, 0.6) is 0 Å². The van der Waals surface area contributed by atoms with Gasteiger partial charge in [-0.2, -0.15) is 0 Å². The highest BCUT2D eigenvalue weighted by atomic mass is 19.2. The van der Waals surface area contributed by atoms with Crippen molar-refractivity contribution in [3.8, 4) is 0 Å². The van der Waals surface area contributed by atoms with Gasteiger partial charge in [0.05, 0.1) is 7.11 Å². The lowest BCUT2D eigenvalue weighted by molar-refractivity contribution is -0.145. The Labute approximate surface area is 118 Å². The number of imide groups is 1. The predicted octanol–water partition coefficient (Wildman–Crippen LogP) is 0.905. The number of methoxy groups -OCH3 is 1. The summed E-state index contributed by atoms with van der Waals surface area (Å²) < 4.78 is 30.7. The lowest BCUT2D eigenvalue weighted by Crippen LogP contribution is -2.41. The van der Waals surface area contributed by atoms with E-state index in [1.54, 1.807) is 0 Å². The minimum absolute atomic E-state index is 0.0760. The molecule has 6 nitrogen and oxygen atoms in total. The maximum Gasteiger partial charge on any atom is 0.325 e. The largest absolute Gasteiger partial charge is 0.468 e. The zero-order chi connectivity index (χ0) is 15.8. The fourth-order valence-corrected chi connectivity index (χ4v) is 2.04. The first-order valence-electron chi connectivity index (χ1n) is 5.96. The van der Waals surface area contributed by atoms with E-state index in [9.17, 15) is 23.2 Å². The van der Waals surface area contributed by atoms with Crippen LogP contribution >= 0.6 is 0 Å². The third kappa shape index (κ3) is 2.44. The van der Waals surface area contributed by atoms with Crippen LogP contribution in [0, 0.1) is 11.6 Å². The Morgan fingerprint density at radius 1 is 1.33 bits per heavy atom. The van der Waals surface area contributed by atoms with Gasteiger partial charge >= 0.3 is 12.0 Å². The van der Waals surface area contributed by atoms with Crippen molar-refractivity contribution in [1.29, 1.82) is 0 Å². The Bertz CT molecular complexity index is 635. The first kappa shape index (κ1) is 14.9. The molecule has 8 heteroatoms. The molecule has 1 saturated heterocycles. The molecule has 0 aromatic heterocycles. The van der Waals surface area contributed by atoms with Gasteiger partial charge in [-0.05, 0) is 24.6 Å². The summed E-state index contributed by atoms with van der Waals surface area (Å²) in [5, 5.41) is 2.36. The van der Waals surface area contributed by atoms with Crippen LogP contribution in [0.3, 0.4) is 0 Å². The minimum Gasteiger partial charge on any atom is -0.468 e. The topological polar surface area (TPSA) is 75.7 Å². The standard InChI is InChI=1S/C13H12F2N2O4/c1-13(7-3-4-8(14)9(15)5-7)11(19)17(12(20)16-13)6-10(18)21-2/h3-5H,6H2,1-2H3,(H,16,20). The van der Waals surface area contributed by atoms with Crippen LogP contribution in [-0.2, 0) is 19.9 Å². The average molecular weight is 298 g/mol. The summed E-state index contributed by atoms with van der Waals surface area (Å²) in [6, 6.07) is 2.07. The van der Waals surface area contributed by atoms with Crippen molar-refractivity contribution in [3.05, 3.63) is 35.4 Å². The predicted molar refractivity (Wildman–Crippen MR) is 66.0 cm³/mol. The van der Waals surface area contributed by atoms with Crippen LogP contribution in [0.25, 0.3) is 0 Å². The second kappa shape index (κ2) is 5.12. The number of carbonyl (C=O) groups is 3. The monoisotopic (exact) mass is 298 g/mol. The van der Waals surface area contributed by atoms with Crippen molar-refractivity contribution in [1.82, 2.24) is 10.2 Å². The quantitative estimate of drug-likeness (QED) is 0.664. The molecule has 1 unspecified atom stereocenters. The molecule has 1 aromatic rings. The zero-order valence-electron chi connectivity index (χ0n) is 11.3. The molecule has 0 saturated carbocycles. The van der Waals surface area contributed by atoms with Crippen molar-refractivity contribution in [3.63, 3.8) is 0 Å². The SMILES string of the molecule is COC(=O)CN1C(=O)NC(C)(c2ccc(F)c(F)c2)C1=O. The third-order valence-electron chi connectivity index (χ3n) is 3.29. The number of halogens is 2. The summed E-state index contributed by atoms with van der Waals surface area (Å²) in [6.45, 7) is 0.789. The van der Waals surface area contributed by atoms with Gasteiger partial charge in [0, 0.05) is 0 Å². The first-order chi connectivity index (χ1) is 9.79. The van der Waals surface area contributed by atoms with Gasteiger partial charge in [0.25, 0.3) is 5.91 Å². The summed E-state index contributed by atoms with van der Waals surface area (Å²) in [6.07, 6.45) is 0. The highest BCUT2D eigenvalue weighted by Crippen LogP contribution is 2.29. The molecular weight excluding hydrogens is 286 g/mol. The van der Waals surface area contributed by atoms with E-state index in [-0.39, 0.29) is 5.56 Å². The number of hydrogen-bond donors (Lipinski definition) is 1. The number of urea groups is 1. The van der Waals surface area contributed by atoms with E-state index in [1.165, 1.54) is 13.0 Å². The molecule has 21 heavy (non-hydrogen) atoms. The number of esters is 1. The van der Waals surface area contributed by atoms with E-state index in [0.717, 1.165) is 19.2 Å². The number of rotatable bonds is 3. The molecule has 1 N–H and O–H groups in total. The number of nitrogens with one attached hydrogen (secondary N) is 1. The molecule has 1 heterocycles. The molecule has 1 aliphatic rings. The van der Waals surface area contributed by atoms with Crippen molar-refractivity contribution in [2.45, 2.75) is 12.5 Å². The maximum absolute atomic E-state index is 13.3. The summed E-state index contributed by atoms with van der Waals surface area (Å²) in [4.78, 5) is 36.0. The van der Waals surface area contributed by atoms with Crippen LogP contribution in [0.2, 0.25) is 0 Å². The number of hydrogen-bond acceptors (Lipinski definition) is 4. The Morgan fingerprint density at radius 3 is 2.57 bits per heavy atom. The second-order valence-electron chi connectivity index (χ2n) is 4.65. The van der Waals surface area contributed by atoms with Gasteiger partial charge in [-0.25, -0.2) is 13.6 Å². The van der Waals surface area contributed by atoms with Crippen molar-refractivity contribution >= 4 is 17.9 Å². The molecular formula is C13H12F2N2O4. The Kier molecular flexibility index (Phi) is 3.63. The van der Waals surface area contributed by atoms with Crippen LogP contribution < -0.4 is 5.32 Å². The van der Waals surface area contributed by atoms with Crippen LogP contribution in [0.1, 0.15) is 12.5 Å². The Hall–Kier alpha value is -2.51. The van der Waals surface area contributed by atoms with E-state index in [1.807, 2.05) is 0 Å². The third-order valence-corrected chi connectivity index (χ3v) is 3.29. The summed E-state index contributed by atoms with van der Waals surface area (Å²) in [5.41, 5.74) is -1.49. The van der Waals surface area contributed by atoms with Crippen LogP contribution in [-0.4, -0.2) is 36.5 Å². The molecule has 0 aliphatic carbocycles. The van der Waals surface area contributed by atoms with E-state index in [0.29, 0.717) is 4.90 Å².